The molecule has 0 aliphatic heterocycles. The molecule has 2 rings (SSSR count). The molecule has 0 spiro atoms. The molecule has 0 bridgehead atoms. The van der Waals surface area contributed by atoms with Crippen LogP contribution in [-0.4, -0.2) is 32.0 Å². The van der Waals surface area contributed by atoms with Gasteiger partial charge in [-0.3, -0.25) is 14.6 Å². The van der Waals surface area contributed by atoms with Gasteiger partial charge in [0.25, 0.3) is 5.56 Å². The predicted octanol–water partition coefficient (Wildman–Crippen LogP) is 0.994. The second-order valence-corrected chi connectivity index (χ2v) is 5.34. The average Bonchev–Trinajstić information content (AvgIpc) is 2.82. The molecule has 8 heteroatoms. The van der Waals surface area contributed by atoms with E-state index in [1.807, 2.05) is 17.5 Å². The Morgan fingerprint density at radius 1 is 1.50 bits per heavy atom. The lowest BCUT2D eigenvalue weighted by atomic mass is 10.3. The number of hydrogen-bond acceptors (Lipinski definition) is 6. The topological polar surface area (TPSA) is 95.9 Å². The monoisotopic (exact) mass is 283 g/mol. The molecular formula is C10H9N3O3S2. The highest BCUT2D eigenvalue weighted by Gasteiger charge is 2.08. The number of hydrogen-bond donors (Lipinski definition) is 2. The number of carbonyl (C=O) groups is 1. The minimum Gasteiger partial charge on any atom is -0.481 e. The molecule has 2 heterocycles. The van der Waals surface area contributed by atoms with Crippen molar-refractivity contribution in [2.24, 2.45) is 0 Å². The Hall–Kier alpha value is -1.67. The number of aromatic nitrogens is 3. The van der Waals surface area contributed by atoms with Gasteiger partial charge in [0.15, 0.2) is 5.16 Å². The minimum atomic E-state index is -0.967. The number of thioether (sulfide) groups is 1. The molecule has 0 fully saturated rings. The van der Waals surface area contributed by atoms with Gasteiger partial charge < -0.3 is 5.11 Å². The fourth-order valence-electron chi connectivity index (χ4n) is 1.23. The Morgan fingerprint density at radius 2 is 2.33 bits per heavy atom. The Kier molecular flexibility index (Phi) is 4.11. The van der Waals surface area contributed by atoms with Crippen molar-refractivity contribution in [3.8, 4) is 0 Å². The van der Waals surface area contributed by atoms with E-state index in [4.69, 9.17) is 5.11 Å². The molecule has 94 valence electrons. The Morgan fingerprint density at radius 3 is 2.94 bits per heavy atom. The Balaban J connectivity index is 2.10. The van der Waals surface area contributed by atoms with Crippen LogP contribution in [0.5, 0.6) is 0 Å². The summed E-state index contributed by atoms with van der Waals surface area (Å²) in [7, 11) is 0. The number of aliphatic carboxylic acids is 1. The summed E-state index contributed by atoms with van der Waals surface area (Å²) in [5, 5.41) is 18.3. The van der Waals surface area contributed by atoms with E-state index in [0.29, 0.717) is 12.1 Å². The van der Waals surface area contributed by atoms with Crippen molar-refractivity contribution in [1.29, 1.82) is 0 Å². The summed E-state index contributed by atoms with van der Waals surface area (Å²) in [6, 6.07) is 3.82. The molecule has 18 heavy (non-hydrogen) atoms. The van der Waals surface area contributed by atoms with Crippen molar-refractivity contribution in [3.05, 3.63) is 38.4 Å². The second kappa shape index (κ2) is 5.78. The van der Waals surface area contributed by atoms with Gasteiger partial charge in [-0.2, -0.15) is 0 Å². The summed E-state index contributed by atoms with van der Waals surface area (Å²) < 4.78 is 0. The molecule has 2 aromatic rings. The summed E-state index contributed by atoms with van der Waals surface area (Å²) >= 11 is 2.47. The third-order valence-corrected chi connectivity index (χ3v) is 3.72. The smallest absolute Gasteiger partial charge is 0.313 e. The summed E-state index contributed by atoms with van der Waals surface area (Å²) in [6.07, 6.45) is 0.434. The quantitative estimate of drug-likeness (QED) is 0.795. The van der Waals surface area contributed by atoms with Gasteiger partial charge >= 0.3 is 5.97 Å². The van der Waals surface area contributed by atoms with Crippen molar-refractivity contribution < 1.29 is 9.90 Å². The maximum atomic E-state index is 11.7. The molecule has 6 nitrogen and oxygen atoms in total. The Labute approximate surface area is 110 Å². The minimum absolute atomic E-state index is 0.158. The lowest BCUT2D eigenvalue weighted by Gasteiger charge is -1.99. The predicted molar refractivity (Wildman–Crippen MR) is 68.1 cm³/mol. The highest BCUT2D eigenvalue weighted by molar-refractivity contribution is 7.99. The van der Waals surface area contributed by atoms with E-state index in [0.717, 1.165) is 16.6 Å². The van der Waals surface area contributed by atoms with E-state index < -0.39 is 5.97 Å². The van der Waals surface area contributed by atoms with Gasteiger partial charge in [0, 0.05) is 11.3 Å². The first-order valence-corrected chi connectivity index (χ1v) is 6.84. The maximum Gasteiger partial charge on any atom is 0.313 e. The van der Waals surface area contributed by atoms with Crippen molar-refractivity contribution in [1.82, 2.24) is 15.2 Å². The number of H-pyrrole nitrogens is 1. The standard InChI is InChI=1S/C10H9N3O3S2/c14-8(15)5-18-10-11-9(16)7(12-13-10)4-6-2-1-3-17-6/h1-3H,4-5H2,(H,14,15)(H,11,13,16). The lowest BCUT2D eigenvalue weighted by Crippen LogP contribution is -2.18. The van der Waals surface area contributed by atoms with Crippen molar-refractivity contribution in [2.45, 2.75) is 11.6 Å². The van der Waals surface area contributed by atoms with Gasteiger partial charge in [-0.15, -0.1) is 21.5 Å². The first-order chi connectivity index (χ1) is 8.65. The number of aromatic amines is 1. The highest BCUT2D eigenvalue weighted by Crippen LogP contribution is 2.12. The molecule has 0 saturated heterocycles. The molecule has 0 radical (unpaired) electrons. The van der Waals surface area contributed by atoms with Gasteiger partial charge in [-0.05, 0) is 11.4 Å². The molecule has 0 atom stereocenters. The first-order valence-electron chi connectivity index (χ1n) is 4.98. The average molecular weight is 283 g/mol. The summed E-state index contributed by atoms with van der Waals surface area (Å²) in [6.45, 7) is 0. The van der Waals surface area contributed by atoms with Crippen LogP contribution in [0.3, 0.4) is 0 Å². The molecule has 2 N–H and O–H groups in total. The fourth-order valence-corrected chi connectivity index (χ4v) is 2.47. The molecule has 0 aliphatic carbocycles. The third-order valence-electron chi connectivity index (χ3n) is 2.00. The number of carboxylic acids is 1. The second-order valence-electron chi connectivity index (χ2n) is 3.34. The summed E-state index contributed by atoms with van der Waals surface area (Å²) in [5.74, 6) is -1.13. The lowest BCUT2D eigenvalue weighted by molar-refractivity contribution is -0.133. The van der Waals surface area contributed by atoms with E-state index in [-0.39, 0.29) is 16.5 Å². The molecule has 0 amide bonds. The SMILES string of the molecule is O=C(O)CSc1nnc(Cc2cccs2)c(=O)[nH]1. The third kappa shape index (κ3) is 3.41. The zero-order chi connectivity index (χ0) is 13.0. The van der Waals surface area contributed by atoms with Crippen LogP contribution in [0.4, 0.5) is 0 Å². The van der Waals surface area contributed by atoms with Crippen LogP contribution in [0.15, 0.2) is 27.5 Å². The van der Waals surface area contributed by atoms with E-state index in [9.17, 15) is 9.59 Å². The van der Waals surface area contributed by atoms with Crippen molar-refractivity contribution in [3.63, 3.8) is 0 Å². The van der Waals surface area contributed by atoms with Crippen molar-refractivity contribution in [2.75, 3.05) is 5.75 Å². The number of carboxylic acid groups (broad SMARTS) is 1. The van der Waals surface area contributed by atoms with Crippen LogP contribution in [0.1, 0.15) is 10.6 Å². The zero-order valence-corrected chi connectivity index (χ0v) is 10.8. The number of thiophene rings is 1. The molecule has 2 aromatic heterocycles. The number of rotatable bonds is 5. The van der Waals surface area contributed by atoms with Gasteiger partial charge in [0.05, 0.1) is 5.75 Å². The van der Waals surface area contributed by atoms with E-state index in [1.54, 1.807) is 11.3 Å². The Bertz CT molecular complexity index is 595. The highest BCUT2D eigenvalue weighted by atomic mass is 32.2. The molecular weight excluding hydrogens is 274 g/mol. The molecule has 0 saturated carbocycles. The van der Waals surface area contributed by atoms with Crippen molar-refractivity contribution >= 4 is 29.1 Å². The largest absolute Gasteiger partial charge is 0.481 e. The van der Waals surface area contributed by atoms with Crippen LogP contribution in [0.25, 0.3) is 0 Å². The van der Waals surface area contributed by atoms with Crippen LogP contribution < -0.4 is 5.56 Å². The molecule has 0 aliphatic rings. The first kappa shape index (κ1) is 12.8. The zero-order valence-electron chi connectivity index (χ0n) is 9.12. The number of nitrogens with one attached hydrogen (secondary N) is 1. The van der Waals surface area contributed by atoms with Crippen LogP contribution >= 0.6 is 23.1 Å². The summed E-state index contributed by atoms with van der Waals surface area (Å²) in [5.41, 5.74) is 0.00316. The fraction of sp³-hybridized carbons (Fsp3) is 0.200. The van der Waals surface area contributed by atoms with Crippen LogP contribution in [0.2, 0.25) is 0 Å². The molecule has 0 unspecified atom stereocenters. The van der Waals surface area contributed by atoms with Gasteiger partial charge in [0.1, 0.15) is 5.69 Å². The summed E-state index contributed by atoms with van der Waals surface area (Å²) in [4.78, 5) is 25.6. The van der Waals surface area contributed by atoms with Gasteiger partial charge in [0.2, 0.25) is 0 Å². The van der Waals surface area contributed by atoms with E-state index in [1.165, 1.54) is 0 Å². The maximum absolute atomic E-state index is 11.7. The normalized spacial score (nSPS) is 10.4. The number of nitrogens with zero attached hydrogens (tertiary/aromatic N) is 2. The van der Waals surface area contributed by atoms with E-state index >= 15 is 0 Å². The van der Waals surface area contributed by atoms with E-state index in [2.05, 4.69) is 15.2 Å². The molecule has 0 aromatic carbocycles. The van der Waals surface area contributed by atoms with Crippen LogP contribution in [-0.2, 0) is 11.2 Å². The van der Waals surface area contributed by atoms with Crippen LogP contribution in [0, 0.1) is 0 Å². The van der Waals surface area contributed by atoms with Gasteiger partial charge in [-0.1, -0.05) is 17.8 Å². The van der Waals surface area contributed by atoms with Gasteiger partial charge in [-0.25, -0.2) is 0 Å².